The van der Waals surface area contributed by atoms with Crippen LogP contribution in [0, 0.1) is 5.82 Å². The molecule has 0 aliphatic carbocycles. The van der Waals surface area contributed by atoms with Crippen LogP contribution in [0.1, 0.15) is 18.4 Å². The number of aromatic nitrogens is 2. The highest BCUT2D eigenvalue weighted by molar-refractivity contribution is 9.10. The summed E-state index contributed by atoms with van der Waals surface area (Å²) in [4.78, 5) is 13.1. The Balaban J connectivity index is 1.62. The predicted molar refractivity (Wildman–Crippen MR) is 102 cm³/mol. The SMILES string of the molecule is CN(C)c1ccnc(NC2CCCN(Cc3ccc(Br)cc3F)C2)n1. The monoisotopic (exact) mass is 407 g/mol. The van der Waals surface area contributed by atoms with E-state index in [2.05, 4.69) is 36.1 Å². The van der Waals surface area contributed by atoms with Gasteiger partial charge in [-0.1, -0.05) is 22.0 Å². The molecular formula is C18H23BrFN5. The molecule has 7 heteroatoms. The van der Waals surface area contributed by atoms with Gasteiger partial charge in [0.2, 0.25) is 5.95 Å². The summed E-state index contributed by atoms with van der Waals surface area (Å²) in [6.07, 6.45) is 3.90. The van der Waals surface area contributed by atoms with Crippen molar-refractivity contribution in [2.75, 3.05) is 37.4 Å². The third-order valence-electron chi connectivity index (χ3n) is 4.35. The van der Waals surface area contributed by atoms with Gasteiger partial charge in [-0.05, 0) is 37.6 Å². The number of rotatable bonds is 5. The minimum absolute atomic E-state index is 0.161. The van der Waals surface area contributed by atoms with Crippen LogP contribution in [-0.2, 0) is 6.54 Å². The molecule has 1 aliphatic rings. The van der Waals surface area contributed by atoms with E-state index >= 15 is 0 Å². The molecule has 2 heterocycles. The van der Waals surface area contributed by atoms with Crippen LogP contribution < -0.4 is 10.2 Å². The van der Waals surface area contributed by atoms with Crippen molar-refractivity contribution in [1.82, 2.24) is 14.9 Å². The molecule has 25 heavy (non-hydrogen) atoms. The molecule has 1 unspecified atom stereocenters. The fourth-order valence-electron chi connectivity index (χ4n) is 3.06. The Labute approximate surface area is 156 Å². The van der Waals surface area contributed by atoms with Crippen LogP contribution in [0.15, 0.2) is 34.9 Å². The number of benzene rings is 1. The molecule has 1 aromatic heterocycles. The van der Waals surface area contributed by atoms with Gasteiger partial charge >= 0.3 is 0 Å². The number of hydrogen-bond donors (Lipinski definition) is 1. The van der Waals surface area contributed by atoms with E-state index in [1.165, 1.54) is 6.07 Å². The molecular weight excluding hydrogens is 385 g/mol. The van der Waals surface area contributed by atoms with Crippen LogP contribution >= 0.6 is 15.9 Å². The number of anilines is 2. The summed E-state index contributed by atoms with van der Waals surface area (Å²) in [5.41, 5.74) is 0.731. The van der Waals surface area contributed by atoms with Crippen molar-refractivity contribution in [3.63, 3.8) is 0 Å². The largest absolute Gasteiger partial charge is 0.363 e. The van der Waals surface area contributed by atoms with Crippen LogP contribution in [0.3, 0.4) is 0 Å². The van der Waals surface area contributed by atoms with Gasteiger partial charge in [-0.15, -0.1) is 0 Å². The Kier molecular flexibility index (Phi) is 5.86. The molecule has 1 saturated heterocycles. The van der Waals surface area contributed by atoms with E-state index in [4.69, 9.17) is 0 Å². The molecule has 0 saturated carbocycles. The molecule has 0 spiro atoms. The highest BCUT2D eigenvalue weighted by Crippen LogP contribution is 2.20. The first-order valence-corrected chi connectivity index (χ1v) is 9.24. The molecule has 0 bridgehead atoms. The van der Waals surface area contributed by atoms with Gasteiger partial charge in [0.15, 0.2) is 0 Å². The molecule has 1 fully saturated rings. The third kappa shape index (κ3) is 4.89. The van der Waals surface area contributed by atoms with Crippen molar-refractivity contribution in [3.8, 4) is 0 Å². The van der Waals surface area contributed by atoms with E-state index in [9.17, 15) is 4.39 Å². The van der Waals surface area contributed by atoms with Gasteiger partial charge in [-0.2, -0.15) is 4.98 Å². The van der Waals surface area contributed by atoms with Crippen LogP contribution in [-0.4, -0.2) is 48.1 Å². The first-order chi connectivity index (χ1) is 12.0. The Bertz CT molecular complexity index is 724. The molecule has 2 aromatic rings. The lowest BCUT2D eigenvalue weighted by Crippen LogP contribution is -2.42. The van der Waals surface area contributed by atoms with Gasteiger partial charge in [-0.25, -0.2) is 9.37 Å². The fourth-order valence-corrected chi connectivity index (χ4v) is 3.39. The van der Waals surface area contributed by atoms with E-state index < -0.39 is 0 Å². The van der Waals surface area contributed by atoms with E-state index in [1.807, 2.05) is 37.2 Å². The summed E-state index contributed by atoms with van der Waals surface area (Å²) in [5, 5.41) is 3.42. The minimum atomic E-state index is -0.161. The maximum Gasteiger partial charge on any atom is 0.224 e. The second-order valence-electron chi connectivity index (χ2n) is 6.59. The lowest BCUT2D eigenvalue weighted by atomic mass is 10.0. The highest BCUT2D eigenvalue weighted by Gasteiger charge is 2.21. The molecule has 1 atom stereocenters. The van der Waals surface area contributed by atoms with Gasteiger partial charge in [0.1, 0.15) is 11.6 Å². The average molecular weight is 408 g/mol. The molecule has 3 rings (SSSR count). The normalized spacial score (nSPS) is 18.2. The van der Waals surface area contributed by atoms with Crippen molar-refractivity contribution >= 4 is 27.7 Å². The summed E-state index contributed by atoms with van der Waals surface area (Å²) in [6.45, 7) is 2.45. The van der Waals surface area contributed by atoms with E-state index in [0.29, 0.717) is 12.5 Å². The Morgan fingerprint density at radius 3 is 2.96 bits per heavy atom. The first kappa shape index (κ1) is 18.1. The number of likely N-dealkylation sites (tertiary alicyclic amines) is 1. The van der Waals surface area contributed by atoms with E-state index in [0.717, 1.165) is 41.8 Å². The fraction of sp³-hybridized carbons (Fsp3) is 0.444. The number of hydrogen-bond acceptors (Lipinski definition) is 5. The van der Waals surface area contributed by atoms with Crippen LogP contribution in [0.25, 0.3) is 0 Å². The molecule has 134 valence electrons. The van der Waals surface area contributed by atoms with Crippen molar-refractivity contribution in [2.24, 2.45) is 0 Å². The van der Waals surface area contributed by atoms with Gasteiger partial charge in [0, 0.05) is 49.5 Å². The summed E-state index contributed by atoms with van der Waals surface area (Å²) in [6, 6.07) is 7.41. The maximum atomic E-state index is 14.1. The Morgan fingerprint density at radius 1 is 1.36 bits per heavy atom. The van der Waals surface area contributed by atoms with Gasteiger partial charge in [-0.3, -0.25) is 4.90 Å². The smallest absolute Gasteiger partial charge is 0.224 e. The van der Waals surface area contributed by atoms with Crippen LogP contribution in [0.4, 0.5) is 16.2 Å². The lowest BCUT2D eigenvalue weighted by molar-refractivity contribution is 0.206. The zero-order chi connectivity index (χ0) is 17.8. The number of nitrogens with zero attached hydrogens (tertiary/aromatic N) is 4. The number of nitrogens with one attached hydrogen (secondary N) is 1. The zero-order valence-electron chi connectivity index (χ0n) is 14.5. The first-order valence-electron chi connectivity index (χ1n) is 8.44. The summed E-state index contributed by atoms with van der Waals surface area (Å²) in [5.74, 6) is 1.36. The van der Waals surface area contributed by atoms with Crippen molar-refractivity contribution in [3.05, 3.63) is 46.3 Å². The molecule has 1 aromatic carbocycles. The zero-order valence-corrected chi connectivity index (χ0v) is 16.1. The topological polar surface area (TPSA) is 44.3 Å². The van der Waals surface area contributed by atoms with Crippen molar-refractivity contribution in [2.45, 2.75) is 25.4 Å². The summed E-state index contributed by atoms with van der Waals surface area (Å²) < 4.78 is 14.8. The third-order valence-corrected chi connectivity index (χ3v) is 4.84. The second-order valence-corrected chi connectivity index (χ2v) is 7.50. The highest BCUT2D eigenvalue weighted by atomic mass is 79.9. The van der Waals surface area contributed by atoms with Crippen LogP contribution in [0.5, 0.6) is 0 Å². The standard InChI is InChI=1S/C18H23BrFN5/c1-24(2)17-7-8-21-18(23-17)22-15-4-3-9-25(12-15)11-13-5-6-14(19)10-16(13)20/h5-8,10,15H,3-4,9,11-12H2,1-2H3,(H,21,22,23). The molecule has 1 N–H and O–H groups in total. The number of piperidine rings is 1. The Morgan fingerprint density at radius 2 is 2.20 bits per heavy atom. The van der Waals surface area contributed by atoms with Gasteiger partial charge in [0.05, 0.1) is 0 Å². The molecule has 5 nitrogen and oxygen atoms in total. The lowest BCUT2D eigenvalue weighted by Gasteiger charge is -2.33. The van der Waals surface area contributed by atoms with Gasteiger partial charge in [0.25, 0.3) is 0 Å². The summed E-state index contributed by atoms with van der Waals surface area (Å²) >= 11 is 3.30. The number of halogens is 2. The summed E-state index contributed by atoms with van der Waals surface area (Å²) in [7, 11) is 3.92. The Hall–Kier alpha value is -1.73. The van der Waals surface area contributed by atoms with E-state index in [1.54, 1.807) is 6.20 Å². The quantitative estimate of drug-likeness (QED) is 0.821. The van der Waals surface area contributed by atoms with Gasteiger partial charge < -0.3 is 10.2 Å². The average Bonchev–Trinajstić information content (AvgIpc) is 2.58. The van der Waals surface area contributed by atoms with Crippen molar-refractivity contribution < 1.29 is 4.39 Å². The molecule has 1 aliphatic heterocycles. The second kappa shape index (κ2) is 8.10. The van der Waals surface area contributed by atoms with Crippen molar-refractivity contribution in [1.29, 1.82) is 0 Å². The minimum Gasteiger partial charge on any atom is -0.363 e. The van der Waals surface area contributed by atoms with E-state index in [-0.39, 0.29) is 11.9 Å². The maximum absolute atomic E-state index is 14.1. The molecule has 0 radical (unpaired) electrons. The molecule has 0 amide bonds. The predicted octanol–water partition coefficient (Wildman–Crippen LogP) is 3.52. The van der Waals surface area contributed by atoms with Crippen LogP contribution in [0.2, 0.25) is 0 Å².